The van der Waals surface area contributed by atoms with Crippen LogP contribution in [0.5, 0.6) is 5.75 Å². The fourth-order valence-corrected chi connectivity index (χ4v) is 4.64. The van der Waals surface area contributed by atoms with Crippen LogP contribution in [0.1, 0.15) is 53.5 Å². The number of nitrogens with two attached hydrogens (primary N) is 1. The summed E-state index contributed by atoms with van der Waals surface area (Å²) in [6, 6.07) is 19.6. The minimum absolute atomic E-state index is 0.128. The molecular formula is C28H31N3O2. The number of aromatic nitrogens is 2. The van der Waals surface area contributed by atoms with Gasteiger partial charge in [0.1, 0.15) is 11.3 Å². The molecule has 0 aliphatic rings. The molecule has 4 rings (SSSR count). The predicted octanol–water partition coefficient (Wildman–Crippen LogP) is 5.79. The summed E-state index contributed by atoms with van der Waals surface area (Å²) >= 11 is 0. The molecule has 0 unspecified atom stereocenters. The van der Waals surface area contributed by atoms with E-state index in [9.17, 15) is 9.90 Å². The van der Waals surface area contributed by atoms with Gasteiger partial charge in [0.15, 0.2) is 0 Å². The monoisotopic (exact) mass is 441 g/mol. The summed E-state index contributed by atoms with van der Waals surface area (Å²) in [5.74, 6) is -0.320. The van der Waals surface area contributed by atoms with Gasteiger partial charge in [-0.25, -0.2) is 4.98 Å². The molecule has 0 fully saturated rings. The number of carbonyl (C=O) groups excluding carboxylic acids is 1. The van der Waals surface area contributed by atoms with Gasteiger partial charge in [-0.15, -0.1) is 0 Å². The Morgan fingerprint density at radius 2 is 1.79 bits per heavy atom. The second-order valence-corrected chi connectivity index (χ2v) is 8.54. The number of pyridine rings is 1. The first-order chi connectivity index (χ1) is 16.0. The van der Waals surface area contributed by atoms with E-state index < -0.39 is 5.91 Å². The number of para-hydroxylation sites is 1. The van der Waals surface area contributed by atoms with Crippen molar-refractivity contribution < 1.29 is 9.90 Å². The number of nitrogens with zero attached hydrogens (tertiary/aromatic N) is 2. The van der Waals surface area contributed by atoms with Crippen molar-refractivity contribution in [3.63, 3.8) is 0 Å². The second-order valence-electron chi connectivity index (χ2n) is 8.54. The Morgan fingerprint density at radius 1 is 1.00 bits per heavy atom. The summed E-state index contributed by atoms with van der Waals surface area (Å²) in [4.78, 5) is 17.4. The molecular weight excluding hydrogens is 410 g/mol. The minimum atomic E-state index is -0.447. The number of aromatic hydroxyl groups is 1. The van der Waals surface area contributed by atoms with Crippen LogP contribution in [0, 0.1) is 6.92 Å². The average Bonchev–Trinajstić information content (AvgIpc) is 3.10. The number of phenolic OH excluding ortho intramolecular Hbond substituents is 1. The molecule has 0 saturated carbocycles. The normalized spacial score (nSPS) is 11.2. The van der Waals surface area contributed by atoms with Gasteiger partial charge in [0.2, 0.25) is 0 Å². The molecule has 2 heterocycles. The van der Waals surface area contributed by atoms with Gasteiger partial charge in [0.25, 0.3) is 5.91 Å². The Morgan fingerprint density at radius 3 is 2.52 bits per heavy atom. The summed E-state index contributed by atoms with van der Waals surface area (Å²) < 4.78 is 2.24. The number of hydrogen-bond acceptors (Lipinski definition) is 3. The van der Waals surface area contributed by atoms with Crippen molar-refractivity contribution in [2.45, 2.75) is 52.5 Å². The van der Waals surface area contributed by atoms with E-state index in [4.69, 9.17) is 10.7 Å². The zero-order chi connectivity index (χ0) is 23.4. The summed E-state index contributed by atoms with van der Waals surface area (Å²) in [6.07, 6.45) is 4.95. The van der Waals surface area contributed by atoms with E-state index in [0.717, 1.165) is 61.0 Å². The molecule has 0 spiro atoms. The zero-order valence-corrected chi connectivity index (χ0v) is 19.3. The summed E-state index contributed by atoms with van der Waals surface area (Å²) in [7, 11) is 0. The highest BCUT2D eigenvalue weighted by Gasteiger charge is 2.25. The first kappa shape index (κ1) is 22.6. The minimum Gasteiger partial charge on any atom is -0.506 e. The van der Waals surface area contributed by atoms with Crippen LogP contribution in [0.2, 0.25) is 0 Å². The molecule has 0 aliphatic heterocycles. The fourth-order valence-electron chi connectivity index (χ4n) is 4.64. The van der Waals surface area contributed by atoms with Crippen molar-refractivity contribution in [1.82, 2.24) is 9.55 Å². The highest BCUT2D eigenvalue weighted by atomic mass is 16.3. The lowest BCUT2D eigenvalue weighted by molar-refractivity contribution is 0.1000. The van der Waals surface area contributed by atoms with Crippen LogP contribution in [0.4, 0.5) is 0 Å². The number of primary amides is 1. The lowest BCUT2D eigenvalue weighted by Gasteiger charge is -2.14. The molecule has 0 saturated heterocycles. The molecule has 33 heavy (non-hydrogen) atoms. The van der Waals surface area contributed by atoms with Gasteiger partial charge in [-0.2, -0.15) is 0 Å². The smallest absolute Gasteiger partial charge is 0.251 e. The van der Waals surface area contributed by atoms with E-state index >= 15 is 0 Å². The van der Waals surface area contributed by atoms with Crippen molar-refractivity contribution in [3.05, 3.63) is 83.2 Å². The molecule has 5 heteroatoms. The average molecular weight is 442 g/mol. The van der Waals surface area contributed by atoms with E-state index in [1.165, 1.54) is 5.56 Å². The number of fused-ring (bicyclic) bond motifs is 1. The molecule has 0 radical (unpaired) electrons. The molecule has 0 bridgehead atoms. The van der Waals surface area contributed by atoms with Crippen LogP contribution in [0.25, 0.3) is 22.2 Å². The van der Waals surface area contributed by atoms with E-state index in [0.29, 0.717) is 16.8 Å². The number of carbonyl (C=O) groups is 1. The number of hydrogen-bond donors (Lipinski definition) is 2. The predicted molar refractivity (Wildman–Crippen MR) is 133 cm³/mol. The van der Waals surface area contributed by atoms with Crippen molar-refractivity contribution in [2.24, 2.45) is 5.73 Å². The summed E-state index contributed by atoms with van der Waals surface area (Å²) in [5.41, 5.74) is 11.7. The lowest BCUT2D eigenvalue weighted by atomic mass is 10.00. The van der Waals surface area contributed by atoms with Gasteiger partial charge in [-0.3, -0.25) is 4.79 Å². The van der Waals surface area contributed by atoms with Gasteiger partial charge in [-0.05, 0) is 43.9 Å². The number of aryl methyl sites for hydroxylation is 1. The summed E-state index contributed by atoms with van der Waals surface area (Å²) in [5, 5.41) is 11.2. The van der Waals surface area contributed by atoms with Gasteiger partial charge in [-0.1, -0.05) is 68.3 Å². The maximum atomic E-state index is 12.6. The van der Waals surface area contributed by atoms with E-state index in [-0.39, 0.29) is 5.75 Å². The maximum Gasteiger partial charge on any atom is 0.251 e. The SMILES string of the molecule is CCCCCc1c(-c2ccc3cccc(O)c3n2)c(C(N)=O)c(C)n1CCc1ccccc1. The first-order valence-corrected chi connectivity index (χ1v) is 11.7. The number of rotatable bonds is 9. The molecule has 3 N–H and O–H groups in total. The van der Waals surface area contributed by atoms with Crippen molar-refractivity contribution in [1.29, 1.82) is 0 Å². The first-order valence-electron chi connectivity index (χ1n) is 11.7. The van der Waals surface area contributed by atoms with Crippen LogP contribution < -0.4 is 5.73 Å². The molecule has 1 amide bonds. The number of benzene rings is 2. The number of phenols is 1. The summed E-state index contributed by atoms with van der Waals surface area (Å²) in [6.45, 7) is 4.91. The van der Waals surface area contributed by atoms with Crippen molar-refractivity contribution in [2.75, 3.05) is 0 Å². The van der Waals surface area contributed by atoms with Gasteiger partial charge >= 0.3 is 0 Å². The third-order valence-electron chi connectivity index (χ3n) is 6.32. The Balaban J connectivity index is 1.86. The quantitative estimate of drug-likeness (QED) is 0.323. The van der Waals surface area contributed by atoms with Crippen molar-refractivity contribution in [3.8, 4) is 17.0 Å². The Bertz CT molecular complexity index is 1280. The molecule has 0 aliphatic carbocycles. The molecule has 170 valence electrons. The number of unbranched alkanes of at least 4 members (excludes halogenated alkanes) is 2. The molecule has 0 atom stereocenters. The Kier molecular flexibility index (Phi) is 6.78. The third-order valence-corrected chi connectivity index (χ3v) is 6.32. The van der Waals surface area contributed by atoms with Crippen molar-refractivity contribution >= 4 is 16.8 Å². The van der Waals surface area contributed by atoms with Crippen LogP contribution in [0.15, 0.2) is 60.7 Å². The fraction of sp³-hybridized carbons (Fsp3) is 0.286. The van der Waals surface area contributed by atoms with Gasteiger partial charge in [0, 0.05) is 28.9 Å². The molecule has 2 aromatic carbocycles. The largest absolute Gasteiger partial charge is 0.506 e. The second kappa shape index (κ2) is 9.90. The molecule has 4 aromatic rings. The Hall–Kier alpha value is -3.60. The zero-order valence-electron chi connectivity index (χ0n) is 19.3. The van der Waals surface area contributed by atoms with Gasteiger partial charge in [0.05, 0.1) is 11.3 Å². The van der Waals surface area contributed by atoms with Crippen LogP contribution in [-0.4, -0.2) is 20.6 Å². The highest BCUT2D eigenvalue weighted by molar-refractivity contribution is 6.02. The Labute approximate surface area is 194 Å². The third kappa shape index (κ3) is 4.63. The standard InChI is InChI=1S/C28H31N3O2/c1-3-4-6-13-23-26(22-16-15-21-12-9-14-24(32)27(21)30-22)25(28(29)33)19(2)31(23)18-17-20-10-7-5-8-11-20/h5,7-12,14-16,32H,3-4,6,13,17-18H2,1-2H3,(H2,29,33). The lowest BCUT2D eigenvalue weighted by Crippen LogP contribution is -2.14. The molecule has 5 nitrogen and oxygen atoms in total. The topological polar surface area (TPSA) is 81.1 Å². The van der Waals surface area contributed by atoms with Crippen LogP contribution in [0.3, 0.4) is 0 Å². The van der Waals surface area contributed by atoms with Crippen LogP contribution in [-0.2, 0) is 19.4 Å². The van der Waals surface area contributed by atoms with E-state index in [2.05, 4.69) is 23.6 Å². The van der Waals surface area contributed by atoms with E-state index in [1.54, 1.807) is 12.1 Å². The maximum absolute atomic E-state index is 12.6. The molecule has 2 aromatic heterocycles. The number of amides is 1. The van der Waals surface area contributed by atoms with E-state index in [1.807, 2.05) is 43.3 Å². The van der Waals surface area contributed by atoms with Gasteiger partial charge < -0.3 is 15.4 Å². The van der Waals surface area contributed by atoms with Crippen LogP contribution >= 0.6 is 0 Å². The highest BCUT2D eigenvalue weighted by Crippen LogP contribution is 2.35.